The number of rotatable bonds is 6. The number of piperidine rings is 1. The number of methoxy groups -OCH3 is 1. The van der Waals surface area contributed by atoms with Crippen LogP contribution in [0.1, 0.15) is 42.4 Å². The number of hydrogen-bond donors (Lipinski definition) is 3. The molecule has 0 radical (unpaired) electrons. The predicted molar refractivity (Wildman–Crippen MR) is 138 cm³/mol. The Labute approximate surface area is 221 Å². The number of nitrogens with one attached hydrogen (secondary N) is 1. The zero-order chi connectivity index (χ0) is 25.7. The molecule has 0 aromatic heterocycles. The number of hydrogen-bond acceptors (Lipinski definition) is 6. The van der Waals surface area contributed by atoms with Gasteiger partial charge in [-0.1, -0.05) is 42.5 Å². The Morgan fingerprint density at radius 3 is 2.74 bits per heavy atom. The Morgan fingerprint density at radius 2 is 1.97 bits per heavy atom. The lowest BCUT2D eigenvalue weighted by molar-refractivity contribution is -0.176. The second-order valence-corrected chi connectivity index (χ2v) is 12.9. The summed E-state index contributed by atoms with van der Waals surface area (Å²) in [5.41, 5.74) is 0.679. The molecular weight excluding hydrogens is 480 g/mol. The van der Waals surface area contributed by atoms with Crippen molar-refractivity contribution >= 4 is 5.91 Å². The van der Waals surface area contributed by atoms with Crippen molar-refractivity contribution in [3.05, 3.63) is 70.8 Å². The maximum absolute atomic E-state index is 14.0. The molecule has 38 heavy (non-hydrogen) atoms. The molecule has 4 fully saturated rings. The molecule has 8 aliphatic rings. The van der Waals surface area contributed by atoms with Crippen molar-refractivity contribution in [2.75, 3.05) is 20.2 Å². The Balaban J connectivity index is 1.18. The van der Waals surface area contributed by atoms with E-state index < -0.39 is 28.1 Å². The van der Waals surface area contributed by atoms with E-state index in [1.54, 1.807) is 7.11 Å². The van der Waals surface area contributed by atoms with E-state index in [0.717, 1.165) is 49.1 Å². The Kier molecular flexibility index (Phi) is 3.74. The lowest BCUT2D eigenvalue weighted by Gasteiger charge is -2.66. The standard InChI is InChI=1S/C31H32N2O5/c1-37-20-8-7-19-13-22-28-14-21-30(16-28,26(34)32-15-18-5-3-2-4-6-18)31(21,36)25-29(28,23(19)24(20)38-25)11-12-33(22)17-27(35)9-10-27/h2-8,14,22,25,35-36H,9-13,15-17H2,1H3,(H,32,34)/t22?,25-,28-,29?,30-,31?/m1/s1. The number of amides is 1. The van der Waals surface area contributed by atoms with Gasteiger partial charge < -0.3 is 25.0 Å². The van der Waals surface area contributed by atoms with E-state index in [9.17, 15) is 15.0 Å². The minimum Gasteiger partial charge on any atom is -0.493 e. The molecule has 6 atom stereocenters. The maximum atomic E-state index is 14.0. The largest absolute Gasteiger partial charge is 0.493 e. The molecule has 2 aromatic carbocycles. The summed E-state index contributed by atoms with van der Waals surface area (Å²) in [4.78, 5) is 16.5. The van der Waals surface area contributed by atoms with Crippen molar-refractivity contribution in [3.63, 3.8) is 0 Å². The third kappa shape index (κ3) is 2.15. The van der Waals surface area contributed by atoms with E-state index in [4.69, 9.17) is 9.47 Å². The summed E-state index contributed by atoms with van der Waals surface area (Å²) in [6.07, 6.45) is 5.72. The van der Waals surface area contributed by atoms with Gasteiger partial charge in [-0.3, -0.25) is 9.69 Å². The van der Waals surface area contributed by atoms with Gasteiger partial charge in [-0.25, -0.2) is 0 Å². The fraction of sp³-hybridized carbons (Fsp3) is 0.516. The van der Waals surface area contributed by atoms with E-state index in [1.165, 1.54) is 11.1 Å². The van der Waals surface area contributed by atoms with Gasteiger partial charge in [0.15, 0.2) is 11.5 Å². The Hall–Kier alpha value is -2.87. The van der Waals surface area contributed by atoms with E-state index in [0.29, 0.717) is 25.3 Å². The van der Waals surface area contributed by atoms with Gasteiger partial charge in [0.25, 0.3) is 0 Å². The van der Waals surface area contributed by atoms with Crippen LogP contribution in [0.2, 0.25) is 0 Å². The van der Waals surface area contributed by atoms with Crippen LogP contribution < -0.4 is 14.8 Å². The molecule has 1 amide bonds. The highest BCUT2D eigenvalue weighted by molar-refractivity contribution is 5.99. The Bertz CT molecular complexity index is 1470. The molecule has 7 heteroatoms. The number of ether oxygens (including phenoxy) is 2. The van der Waals surface area contributed by atoms with Gasteiger partial charge in [0.05, 0.1) is 18.1 Å². The molecule has 2 aromatic rings. The zero-order valence-corrected chi connectivity index (χ0v) is 21.5. The molecule has 2 heterocycles. The average Bonchev–Trinajstić information content (AvgIpc) is 3.62. The van der Waals surface area contributed by atoms with Crippen LogP contribution in [0.25, 0.3) is 0 Å². The molecule has 1 saturated heterocycles. The molecule has 6 bridgehead atoms. The topological polar surface area (TPSA) is 91.3 Å². The second kappa shape index (κ2) is 6.46. The van der Waals surface area contributed by atoms with E-state index >= 15 is 0 Å². The number of benzene rings is 2. The van der Waals surface area contributed by atoms with Crippen molar-refractivity contribution < 1.29 is 24.5 Å². The molecule has 3 unspecified atom stereocenters. The first kappa shape index (κ1) is 22.0. The molecule has 2 spiro atoms. The van der Waals surface area contributed by atoms with Gasteiger partial charge in [-0.2, -0.15) is 0 Å². The van der Waals surface area contributed by atoms with E-state index in [2.05, 4.69) is 22.4 Å². The van der Waals surface area contributed by atoms with Crippen LogP contribution in [0.5, 0.6) is 11.5 Å². The molecule has 3 N–H and O–H groups in total. The van der Waals surface area contributed by atoms with Crippen LogP contribution in [0.3, 0.4) is 0 Å². The summed E-state index contributed by atoms with van der Waals surface area (Å²) in [6.45, 7) is 1.94. The average molecular weight is 513 g/mol. The highest BCUT2D eigenvalue weighted by Crippen LogP contribution is 2.87. The van der Waals surface area contributed by atoms with Gasteiger partial charge in [0.1, 0.15) is 17.1 Å². The second-order valence-electron chi connectivity index (χ2n) is 12.9. The monoisotopic (exact) mass is 512 g/mol. The van der Waals surface area contributed by atoms with E-state index in [-0.39, 0.29) is 17.4 Å². The minimum atomic E-state index is -1.32. The SMILES string of the molecule is COc1ccc2c3c1O[C@H]1C4(O)C5=C[C@@]6(C[C@]54C(=O)NCc4ccccc4)C(C2)N(CC2(O)CC2)CCC316. The third-order valence-corrected chi connectivity index (χ3v) is 11.4. The first-order chi connectivity index (χ1) is 18.3. The summed E-state index contributed by atoms with van der Waals surface area (Å²) >= 11 is 0. The first-order valence-electron chi connectivity index (χ1n) is 13.9. The van der Waals surface area contributed by atoms with Crippen LogP contribution >= 0.6 is 0 Å². The molecule has 196 valence electrons. The van der Waals surface area contributed by atoms with Crippen LogP contribution in [-0.2, 0) is 23.2 Å². The van der Waals surface area contributed by atoms with E-state index in [1.807, 2.05) is 36.4 Å². The highest BCUT2D eigenvalue weighted by atomic mass is 16.5. The zero-order valence-electron chi connectivity index (χ0n) is 21.5. The van der Waals surface area contributed by atoms with Gasteiger partial charge in [0, 0.05) is 30.1 Å². The van der Waals surface area contributed by atoms with Crippen LogP contribution in [0, 0.1) is 10.8 Å². The smallest absolute Gasteiger partial charge is 0.234 e. The van der Waals surface area contributed by atoms with Gasteiger partial charge in [-0.15, -0.1) is 0 Å². The van der Waals surface area contributed by atoms with Crippen molar-refractivity contribution in [2.45, 2.75) is 67.4 Å². The maximum Gasteiger partial charge on any atom is 0.234 e. The van der Waals surface area contributed by atoms with Gasteiger partial charge in [0.2, 0.25) is 5.91 Å². The Morgan fingerprint density at radius 1 is 1.16 bits per heavy atom. The van der Waals surface area contributed by atoms with Crippen LogP contribution in [0.15, 0.2) is 54.1 Å². The summed E-state index contributed by atoms with van der Waals surface area (Å²) in [5.74, 6) is 1.34. The normalized spacial score (nSPS) is 41.1. The molecule has 10 rings (SSSR count). The quantitative estimate of drug-likeness (QED) is 0.515. The highest BCUT2D eigenvalue weighted by Gasteiger charge is 2.95. The molecule has 6 aliphatic carbocycles. The summed E-state index contributed by atoms with van der Waals surface area (Å²) in [6, 6.07) is 14.2. The fourth-order valence-corrected chi connectivity index (χ4v) is 9.66. The van der Waals surface area contributed by atoms with Crippen molar-refractivity contribution in [1.29, 1.82) is 0 Å². The molecule has 3 saturated carbocycles. The third-order valence-electron chi connectivity index (χ3n) is 11.4. The fourth-order valence-electron chi connectivity index (χ4n) is 9.66. The summed E-state index contributed by atoms with van der Waals surface area (Å²) in [5, 5.41) is 26.5. The number of carbonyl (C=O) groups excluding carboxylic acids is 1. The van der Waals surface area contributed by atoms with Crippen molar-refractivity contribution in [3.8, 4) is 11.5 Å². The number of likely N-dealkylation sites (tertiary alicyclic amines) is 1. The van der Waals surface area contributed by atoms with Crippen LogP contribution in [0.4, 0.5) is 0 Å². The first-order valence-corrected chi connectivity index (χ1v) is 13.9. The number of nitrogens with zero attached hydrogens (tertiary/aromatic N) is 1. The minimum absolute atomic E-state index is 0.107. The number of aliphatic hydroxyl groups is 2. The van der Waals surface area contributed by atoms with Crippen LogP contribution in [-0.4, -0.2) is 64.6 Å². The van der Waals surface area contributed by atoms with Crippen molar-refractivity contribution in [1.82, 2.24) is 10.2 Å². The molecular formula is C31H32N2O5. The summed E-state index contributed by atoms with van der Waals surface area (Å²) in [7, 11) is 1.66. The number of carbonyl (C=O) groups is 1. The lowest BCUT2D eigenvalue weighted by atomic mass is 9.41. The molecule has 2 aliphatic heterocycles. The van der Waals surface area contributed by atoms with Gasteiger partial charge in [-0.05, 0) is 61.4 Å². The predicted octanol–water partition coefficient (Wildman–Crippen LogP) is 2.23. The molecule has 7 nitrogen and oxygen atoms in total. The summed E-state index contributed by atoms with van der Waals surface area (Å²) < 4.78 is 12.5. The lowest BCUT2D eigenvalue weighted by Crippen LogP contribution is -2.75. The number of β-amino-alcohol motifs (C(OH)–C–C–N with tert-alkyl or cyclic N) is 1. The van der Waals surface area contributed by atoms with Crippen molar-refractivity contribution in [2.24, 2.45) is 10.8 Å². The van der Waals surface area contributed by atoms with Gasteiger partial charge >= 0.3 is 0 Å².